The van der Waals surface area contributed by atoms with Gasteiger partial charge in [0.1, 0.15) is 13.2 Å². The van der Waals surface area contributed by atoms with E-state index >= 15 is 0 Å². The molecule has 0 saturated carbocycles. The summed E-state index contributed by atoms with van der Waals surface area (Å²) in [6, 6.07) is -0.773. The zero-order valence-corrected chi connectivity index (χ0v) is 33.3. The highest BCUT2D eigenvalue weighted by Crippen LogP contribution is 2.43. The summed E-state index contributed by atoms with van der Waals surface area (Å²) in [4.78, 5) is 23.0. The average molecular weight is 714 g/mol. The summed E-state index contributed by atoms with van der Waals surface area (Å²) in [5.74, 6) is -0.176. The number of allylic oxidation sites excluding steroid dienone is 6. The fourth-order valence-electron chi connectivity index (χ4n) is 5.47. The molecule has 8 nitrogen and oxygen atoms in total. The minimum Gasteiger partial charge on any atom is -0.391 e. The summed E-state index contributed by atoms with van der Waals surface area (Å²) in [7, 11) is 1.59. The standard InChI is InChI=1S/C40H77N2O6P/c1-6-8-10-12-14-16-18-20-22-23-25-27-29-31-33-39(43)38(37-48-49(45,46)47-36-35-42(3,4)5)41-40(44)34-32-30-28-26-24-21-19-17-15-13-11-9-7-2/h9,11,15,17,21,24,38-39,43H,6-8,10,12-14,16,18-20,22-23,25-37H2,1-5H3,(H-,41,44,45,46)/p+1/b11-9-,17-15-,24-21-. The molecule has 0 rings (SSSR count). The Bertz CT molecular complexity index is 902. The Kier molecular flexibility index (Phi) is 31.8. The molecule has 0 aromatic rings. The van der Waals surface area contributed by atoms with Crippen molar-refractivity contribution in [1.29, 1.82) is 0 Å². The first-order valence-electron chi connectivity index (χ1n) is 19.9. The summed E-state index contributed by atoms with van der Waals surface area (Å²) in [5, 5.41) is 13.9. The van der Waals surface area contributed by atoms with Gasteiger partial charge in [0, 0.05) is 6.42 Å². The van der Waals surface area contributed by atoms with Crippen molar-refractivity contribution < 1.29 is 32.9 Å². The third kappa shape index (κ3) is 34.9. The zero-order chi connectivity index (χ0) is 36.5. The lowest BCUT2D eigenvalue weighted by molar-refractivity contribution is -0.870. The van der Waals surface area contributed by atoms with Gasteiger partial charge in [-0.15, -0.1) is 0 Å². The molecule has 0 aliphatic rings. The highest BCUT2D eigenvalue weighted by molar-refractivity contribution is 7.47. The van der Waals surface area contributed by atoms with Crippen LogP contribution in [0.3, 0.4) is 0 Å². The molecule has 288 valence electrons. The molecule has 0 bridgehead atoms. The van der Waals surface area contributed by atoms with Crippen molar-refractivity contribution in [1.82, 2.24) is 5.32 Å². The normalized spacial score (nSPS) is 15.0. The quantitative estimate of drug-likeness (QED) is 0.0261. The number of phosphoric ester groups is 1. The number of hydrogen-bond acceptors (Lipinski definition) is 5. The number of unbranched alkanes of at least 4 members (excludes halogenated alkanes) is 16. The molecule has 0 aromatic carbocycles. The van der Waals surface area contributed by atoms with E-state index in [0.29, 0.717) is 23.9 Å². The Morgan fingerprint density at radius 3 is 1.78 bits per heavy atom. The molecule has 0 aromatic heterocycles. The van der Waals surface area contributed by atoms with Crippen molar-refractivity contribution in [3.8, 4) is 0 Å². The van der Waals surface area contributed by atoms with Crippen LogP contribution in [-0.4, -0.2) is 73.4 Å². The third-order valence-electron chi connectivity index (χ3n) is 8.65. The van der Waals surface area contributed by atoms with E-state index in [-0.39, 0.29) is 19.1 Å². The van der Waals surface area contributed by atoms with Crippen LogP contribution in [0.2, 0.25) is 0 Å². The van der Waals surface area contributed by atoms with Crippen LogP contribution >= 0.6 is 7.82 Å². The molecule has 0 spiro atoms. The largest absolute Gasteiger partial charge is 0.472 e. The van der Waals surface area contributed by atoms with Gasteiger partial charge in [0.25, 0.3) is 0 Å². The van der Waals surface area contributed by atoms with Crippen LogP contribution < -0.4 is 5.32 Å². The van der Waals surface area contributed by atoms with Crippen molar-refractivity contribution in [2.75, 3.05) is 40.9 Å². The summed E-state index contributed by atoms with van der Waals surface area (Å²) < 4.78 is 23.5. The van der Waals surface area contributed by atoms with Crippen LogP contribution in [0.5, 0.6) is 0 Å². The van der Waals surface area contributed by atoms with Crippen LogP contribution in [0, 0.1) is 0 Å². The summed E-state index contributed by atoms with van der Waals surface area (Å²) in [6.07, 6.45) is 37.4. The number of aliphatic hydroxyl groups is 1. The third-order valence-corrected chi connectivity index (χ3v) is 9.64. The van der Waals surface area contributed by atoms with E-state index in [1.165, 1.54) is 70.6 Å². The molecule has 1 amide bonds. The lowest BCUT2D eigenvalue weighted by Gasteiger charge is -2.26. The molecular formula is C40H78N2O6P+. The average Bonchev–Trinajstić information content (AvgIpc) is 3.04. The van der Waals surface area contributed by atoms with Gasteiger partial charge >= 0.3 is 7.82 Å². The van der Waals surface area contributed by atoms with Crippen molar-refractivity contribution in [3.05, 3.63) is 36.5 Å². The van der Waals surface area contributed by atoms with Crippen LogP contribution in [0.4, 0.5) is 0 Å². The van der Waals surface area contributed by atoms with Gasteiger partial charge in [-0.05, 0) is 44.9 Å². The number of phosphoric acid groups is 1. The number of amides is 1. The van der Waals surface area contributed by atoms with Gasteiger partial charge in [0.05, 0.1) is 39.9 Å². The van der Waals surface area contributed by atoms with Crippen molar-refractivity contribution in [2.45, 2.75) is 174 Å². The smallest absolute Gasteiger partial charge is 0.391 e. The van der Waals surface area contributed by atoms with Crippen LogP contribution in [0.1, 0.15) is 162 Å². The molecule has 0 fully saturated rings. The molecule has 49 heavy (non-hydrogen) atoms. The molecule has 3 N–H and O–H groups in total. The summed E-state index contributed by atoms with van der Waals surface area (Å²) in [5.41, 5.74) is 0. The van der Waals surface area contributed by atoms with Gasteiger partial charge in [-0.1, -0.05) is 147 Å². The van der Waals surface area contributed by atoms with Gasteiger partial charge in [-0.2, -0.15) is 0 Å². The molecule has 3 unspecified atom stereocenters. The Morgan fingerprint density at radius 1 is 0.714 bits per heavy atom. The zero-order valence-electron chi connectivity index (χ0n) is 32.4. The lowest BCUT2D eigenvalue weighted by Crippen LogP contribution is -2.46. The van der Waals surface area contributed by atoms with Gasteiger partial charge in [0.15, 0.2) is 0 Å². The maximum atomic E-state index is 12.8. The van der Waals surface area contributed by atoms with Crippen LogP contribution in [0.15, 0.2) is 36.5 Å². The fraction of sp³-hybridized carbons (Fsp3) is 0.825. The first-order chi connectivity index (χ1) is 23.5. The molecule has 0 aliphatic carbocycles. The number of carbonyl (C=O) groups is 1. The van der Waals surface area contributed by atoms with E-state index in [2.05, 4.69) is 55.6 Å². The van der Waals surface area contributed by atoms with Crippen molar-refractivity contribution in [3.63, 3.8) is 0 Å². The molecule has 9 heteroatoms. The number of hydrogen-bond donors (Lipinski definition) is 3. The molecule has 0 heterocycles. The highest BCUT2D eigenvalue weighted by Gasteiger charge is 2.28. The van der Waals surface area contributed by atoms with E-state index in [1.807, 2.05) is 21.1 Å². The second-order valence-electron chi connectivity index (χ2n) is 14.6. The number of likely N-dealkylation sites (N-methyl/N-ethyl adjacent to an activating group) is 1. The Labute approximate surface area is 302 Å². The second kappa shape index (κ2) is 32.6. The molecule has 0 radical (unpaired) electrons. The Hall–Kier alpha value is -1.28. The highest BCUT2D eigenvalue weighted by atomic mass is 31.2. The van der Waals surface area contributed by atoms with E-state index in [0.717, 1.165) is 64.2 Å². The van der Waals surface area contributed by atoms with E-state index in [4.69, 9.17) is 9.05 Å². The Balaban J connectivity index is 4.50. The van der Waals surface area contributed by atoms with Crippen molar-refractivity contribution >= 4 is 13.7 Å². The monoisotopic (exact) mass is 714 g/mol. The van der Waals surface area contributed by atoms with Gasteiger partial charge in [-0.25, -0.2) is 4.57 Å². The lowest BCUT2D eigenvalue weighted by atomic mass is 10.0. The van der Waals surface area contributed by atoms with Crippen molar-refractivity contribution in [2.24, 2.45) is 0 Å². The molecule has 3 atom stereocenters. The van der Waals surface area contributed by atoms with Gasteiger partial charge < -0.3 is 19.8 Å². The minimum absolute atomic E-state index is 0.0679. The topological polar surface area (TPSA) is 105 Å². The van der Waals surface area contributed by atoms with E-state index in [1.54, 1.807) is 0 Å². The second-order valence-corrected chi connectivity index (χ2v) is 16.1. The number of rotatable bonds is 35. The Morgan fingerprint density at radius 2 is 1.22 bits per heavy atom. The number of carbonyl (C=O) groups excluding carboxylic acids is 1. The first-order valence-corrected chi connectivity index (χ1v) is 21.3. The maximum Gasteiger partial charge on any atom is 0.472 e. The molecule has 0 saturated heterocycles. The molecular weight excluding hydrogens is 635 g/mol. The first kappa shape index (κ1) is 47.7. The minimum atomic E-state index is -4.31. The van der Waals surface area contributed by atoms with Crippen LogP contribution in [-0.2, 0) is 18.4 Å². The maximum absolute atomic E-state index is 12.8. The predicted molar refractivity (Wildman–Crippen MR) is 208 cm³/mol. The number of quaternary nitrogens is 1. The van der Waals surface area contributed by atoms with E-state index < -0.39 is 20.0 Å². The number of aliphatic hydroxyl groups excluding tert-OH is 1. The summed E-state index contributed by atoms with van der Waals surface area (Å²) >= 11 is 0. The van der Waals surface area contributed by atoms with Gasteiger partial charge in [-0.3, -0.25) is 13.8 Å². The SMILES string of the molecule is CC/C=C\C/C=C\C/C=C\CCCCCC(=O)NC(COP(=O)(O)OCC[N+](C)(C)C)C(O)CCCCCCCCCCCCCCCC. The number of nitrogens with zero attached hydrogens (tertiary/aromatic N) is 1. The summed E-state index contributed by atoms with van der Waals surface area (Å²) in [6.45, 7) is 4.73. The van der Waals surface area contributed by atoms with E-state index in [9.17, 15) is 19.4 Å². The predicted octanol–water partition coefficient (Wildman–Crippen LogP) is 10.4. The van der Waals surface area contributed by atoms with Gasteiger partial charge in [0.2, 0.25) is 5.91 Å². The molecule has 0 aliphatic heterocycles. The van der Waals surface area contributed by atoms with Crippen LogP contribution in [0.25, 0.3) is 0 Å². The number of nitrogens with one attached hydrogen (secondary N) is 1. The fourth-order valence-corrected chi connectivity index (χ4v) is 6.21.